The molecule has 0 radical (unpaired) electrons. The fraction of sp³-hybridized carbons (Fsp3) is 0.364. The largest absolute Gasteiger partial charge is 0.391 e. The molecule has 0 aromatic heterocycles. The zero-order chi connectivity index (χ0) is 10.8. The fourth-order valence-electron chi connectivity index (χ4n) is 1.73. The van der Waals surface area contributed by atoms with E-state index in [2.05, 4.69) is 15.9 Å². The Morgan fingerprint density at radius 3 is 2.80 bits per heavy atom. The van der Waals surface area contributed by atoms with E-state index in [1.807, 2.05) is 18.2 Å². The van der Waals surface area contributed by atoms with Crippen molar-refractivity contribution in [3.05, 3.63) is 34.3 Å². The summed E-state index contributed by atoms with van der Waals surface area (Å²) in [4.78, 5) is 13.7. The highest BCUT2D eigenvalue weighted by Crippen LogP contribution is 2.20. The van der Waals surface area contributed by atoms with E-state index in [1.165, 1.54) is 0 Å². The van der Waals surface area contributed by atoms with E-state index >= 15 is 0 Å². The summed E-state index contributed by atoms with van der Waals surface area (Å²) in [6, 6.07) is 7.35. The molecule has 1 amide bonds. The van der Waals surface area contributed by atoms with Crippen LogP contribution < -0.4 is 0 Å². The van der Waals surface area contributed by atoms with Gasteiger partial charge in [0.25, 0.3) is 5.91 Å². The van der Waals surface area contributed by atoms with Crippen LogP contribution in [0.25, 0.3) is 0 Å². The molecule has 1 atom stereocenters. The van der Waals surface area contributed by atoms with Crippen molar-refractivity contribution in [1.29, 1.82) is 0 Å². The minimum atomic E-state index is -0.364. The van der Waals surface area contributed by atoms with Gasteiger partial charge in [0.1, 0.15) is 0 Å². The van der Waals surface area contributed by atoms with Crippen LogP contribution in [0.3, 0.4) is 0 Å². The van der Waals surface area contributed by atoms with Crippen LogP contribution >= 0.6 is 15.9 Å². The van der Waals surface area contributed by atoms with Crippen molar-refractivity contribution in [3.8, 4) is 0 Å². The number of hydrogen-bond acceptors (Lipinski definition) is 2. The first-order valence-electron chi connectivity index (χ1n) is 4.90. The first-order valence-corrected chi connectivity index (χ1v) is 5.69. The number of aliphatic hydroxyl groups excluding tert-OH is 1. The lowest BCUT2D eigenvalue weighted by molar-refractivity contribution is 0.0764. The first kappa shape index (κ1) is 10.6. The number of amides is 1. The third-order valence-corrected chi connectivity index (χ3v) is 3.25. The zero-order valence-corrected chi connectivity index (χ0v) is 9.77. The van der Waals surface area contributed by atoms with E-state index in [0.29, 0.717) is 25.1 Å². The molecule has 1 N–H and O–H groups in total. The molecule has 1 aliphatic heterocycles. The highest BCUT2D eigenvalue weighted by atomic mass is 79.9. The summed E-state index contributed by atoms with van der Waals surface area (Å²) in [7, 11) is 0. The molecule has 80 valence electrons. The average Bonchev–Trinajstić information content (AvgIpc) is 2.65. The maximum atomic E-state index is 12.0. The predicted octanol–water partition coefficient (Wildman–Crippen LogP) is 1.66. The van der Waals surface area contributed by atoms with Crippen LogP contribution in [-0.2, 0) is 0 Å². The van der Waals surface area contributed by atoms with Gasteiger partial charge in [-0.05, 0) is 34.5 Å². The number of halogens is 1. The molecule has 1 aliphatic rings. The Morgan fingerprint density at radius 1 is 1.47 bits per heavy atom. The summed E-state index contributed by atoms with van der Waals surface area (Å²) in [6.07, 6.45) is 0.312. The third-order valence-electron chi connectivity index (χ3n) is 2.55. The molecule has 0 spiro atoms. The van der Waals surface area contributed by atoms with Crippen molar-refractivity contribution < 1.29 is 9.90 Å². The topological polar surface area (TPSA) is 40.5 Å². The standard InChI is InChI=1S/C11H12BrNO2/c12-10-4-2-1-3-9(10)11(15)13-6-5-8(14)7-13/h1-4,8,14H,5-7H2/t8-/m1/s1. The van der Waals surface area contributed by atoms with E-state index in [-0.39, 0.29) is 12.0 Å². The number of carbonyl (C=O) groups excluding carboxylic acids is 1. The van der Waals surface area contributed by atoms with Crippen LogP contribution in [0.1, 0.15) is 16.8 Å². The molecule has 0 unspecified atom stereocenters. The van der Waals surface area contributed by atoms with Gasteiger partial charge < -0.3 is 10.0 Å². The van der Waals surface area contributed by atoms with Crippen molar-refractivity contribution in [2.45, 2.75) is 12.5 Å². The first-order chi connectivity index (χ1) is 7.18. The average molecular weight is 270 g/mol. The van der Waals surface area contributed by atoms with Gasteiger partial charge in [0.05, 0.1) is 11.7 Å². The second kappa shape index (κ2) is 4.33. The van der Waals surface area contributed by atoms with Crippen LogP contribution in [0, 0.1) is 0 Å². The van der Waals surface area contributed by atoms with Crippen molar-refractivity contribution in [2.24, 2.45) is 0 Å². The Kier molecular flexibility index (Phi) is 3.07. The normalized spacial score (nSPS) is 20.7. The Morgan fingerprint density at radius 2 is 2.20 bits per heavy atom. The fourth-order valence-corrected chi connectivity index (χ4v) is 2.19. The number of likely N-dealkylation sites (tertiary alicyclic amines) is 1. The molecule has 0 saturated carbocycles. The molecule has 0 bridgehead atoms. The van der Waals surface area contributed by atoms with Crippen LogP contribution in [0.4, 0.5) is 0 Å². The SMILES string of the molecule is O=C(c1ccccc1Br)N1CC[C@@H](O)C1. The summed E-state index contributed by atoms with van der Waals surface area (Å²) in [5.74, 6) is -0.0148. The van der Waals surface area contributed by atoms with Gasteiger partial charge in [-0.1, -0.05) is 12.1 Å². The summed E-state index contributed by atoms with van der Waals surface area (Å²) >= 11 is 3.35. The zero-order valence-electron chi connectivity index (χ0n) is 8.19. The van der Waals surface area contributed by atoms with E-state index in [0.717, 1.165) is 4.47 Å². The molecular weight excluding hydrogens is 258 g/mol. The molecule has 4 heteroatoms. The van der Waals surface area contributed by atoms with Crippen LogP contribution in [0.2, 0.25) is 0 Å². The molecule has 15 heavy (non-hydrogen) atoms. The van der Waals surface area contributed by atoms with E-state index in [9.17, 15) is 9.90 Å². The Hall–Kier alpha value is -0.870. The van der Waals surface area contributed by atoms with Crippen molar-refractivity contribution >= 4 is 21.8 Å². The van der Waals surface area contributed by atoms with Gasteiger partial charge in [0, 0.05) is 17.6 Å². The lowest BCUT2D eigenvalue weighted by Crippen LogP contribution is -2.29. The number of nitrogens with zero attached hydrogens (tertiary/aromatic N) is 1. The van der Waals surface area contributed by atoms with Gasteiger partial charge in [-0.3, -0.25) is 4.79 Å². The highest BCUT2D eigenvalue weighted by Gasteiger charge is 2.26. The Labute approximate surface area is 96.8 Å². The van der Waals surface area contributed by atoms with E-state index in [1.54, 1.807) is 11.0 Å². The predicted molar refractivity (Wildman–Crippen MR) is 60.7 cm³/mol. The Bertz CT molecular complexity index is 381. The Balaban J connectivity index is 2.18. The van der Waals surface area contributed by atoms with Gasteiger partial charge in [0.15, 0.2) is 0 Å². The second-order valence-corrected chi connectivity index (χ2v) is 4.53. The molecule has 2 rings (SSSR count). The third kappa shape index (κ3) is 2.21. The van der Waals surface area contributed by atoms with Crippen molar-refractivity contribution in [1.82, 2.24) is 4.90 Å². The van der Waals surface area contributed by atoms with E-state index in [4.69, 9.17) is 0 Å². The molecule has 1 aromatic rings. The van der Waals surface area contributed by atoms with Gasteiger partial charge in [-0.25, -0.2) is 0 Å². The number of aliphatic hydroxyl groups is 1. The van der Waals surface area contributed by atoms with E-state index < -0.39 is 0 Å². The second-order valence-electron chi connectivity index (χ2n) is 3.67. The molecule has 1 aromatic carbocycles. The summed E-state index contributed by atoms with van der Waals surface area (Å²) in [5.41, 5.74) is 0.659. The summed E-state index contributed by atoms with van der Waals surface area (Å²) in [6.45, 7) is 1.08. The summed E-state index contributed by atoms with van der Waals surface area (Å²) in [5, 5.41) is 9.36. The molecule has 0 aliphatic carbocycles. The summed E-state index contributed by atoms with van der Waals surface area (Å²) < 4.78 is 0.802. The van der Waals surface area contributed by atoms with Gasteiger partial charge in [-0.2, -0.15) is 0 Å². The molecule has 1 heterocycles. The number of hydrogen-bond donors (Lipinski definition) is 1. The number of rotatable bonds is 1. The van der Waals surface area contributed by atoms with Crippen molar-refractivity contribution in [2.75, 3.05) is 13.1 Å². The molecular formula is C11H12BrNO2. The maximum Gasteiger partial charge on any atom is 0.255 e. The molecule has 1 fully saturated rings. The number of β-amino-alcohol motifs (C(OH)–C–C–N with tert-alkyl or cyclic N) is 1. The van der Waals surface area contributed by atoms with Gasteiger partial charge in [0.2, 0.25) is 0 Å². The van der Waals surface area contributed by atoms with Gasteiger partial charge in [-0.15, -0.1) is 0 Å². The van der Waals surface area contributed by atoms with Crippen molar-refractivity contribution in [3.63, 3.8) is 0 Å². The number of carbonyl (C=O) groups is 1. The van der Waals surface area contributed by atoms with Crippen LogP contribution in [-0.4, -0.2) is 35.1 Å². The highest BCUT2D eigenvalue weighted by molar-refractivity contribution is 9.10. The van der Waals surface area contributed by atoms with Gasteiger partial charge >= 0.3 is 0 Å². The molecule has 1 saturated heterocycles. The maximum absolute atomic E-state index is 12.0. The minimum Gasteiger partial charge on any atom is -0.391 e. The number of benzene rings is 1. The monoisotopic (exact) mass is 269 g/mol. The quantitative estimate of drug-likeness (QED) is 0.843. The lowest BCUT2D eigenvalue weighted by atomic mass is 10.2. The minimum absolute atomic E-state index is 0.0148. The molecule has 3 nitrogen and oxygen atoms in total. The van der Waals surface area contributed by atoms with Crippen LogP contribution in [0.15, 0.2) is 28.7 Å². The lowest BCUT2D eigenvalue weighted by Gasteiger charge is -2.16. The smallest absolute Gasteiger partial charge is 0.255 e. The van der Waals surface area contributed by atoms with Crippen LogP contribution in [0.5, 0.6) is 0 Å².